The summed E-state index contributed by atoms with van der Waals surface area (Å²) < 4.78 is 5.34. The fraction of sp³-hybridized carbons (Fsp3) is 0.500. The summed E-state index contributed by atoms with van der Waals surface area (Å²) in [6.07, 6.45) is 6.83. The topological polar surface area (TPSA) is 70.8 Å². The molecule has 3 unspecified atom stereocenters. The van der Waals surface area contributed by atoms with Gasteiger partial charge in [0.15, 0.2) is 0 Å². The average molecular weight is 398 g/mol. The van der Waals surface area contributed by atoms with Crippen LogP contribution in [0.4, 0.5) is 0 Å². The lowest BCUT2D eigenvalue weighted by Crippen LogP contribution is -2.70. The molecule has 1 heterocycles. The number of allylic oxidation sites excluding steroid dienone is 3. The lowest BCUT2D eigenvalue weighted by atomic mass is 9.66. The Bertz CT molecular complexity index is 829. The molecule has 5 nitrogen and oxygen atoms in total. The van der Waals surface area contributed by atoms with Gasteiger partial charge in [0.1, 0.15) is 11.5 Å². The number of likely N-dealkylation sites (N-methyl/N-ethyl adjacent to an activating group) is 1. The SMILES string of the molecule is C=C(C)C(=CC=C(C)CCNC1C2Cc3ccc(O)cc3C1(N)CCN2C)OC. The summed E-state index contributed by atoms with van der Waals surface area (Å²) in [5, 5.41) is 13.8. The Morgan fingerprint density at radius 2 is 2.17 bits per heavy atom. The van der Waals surface area contributed by atoms with E-state index in [-0.39, 0.29) is 6.04 Å². The molecule has 1 aromatic carbocycles. The van der Waals surface area contributed by atoms with Gasteiger partial charge in [0.2, 0.25) is 0 Å². The van der Waals surface area contributed by atoms with Crippen molar-refractivity contribution in [2.75, 3.05) is 27.2 Å². The second-order valence-corrected chi connectivity index (χ2v) is 8.59. The first-order valence-electron chi connectivity index (χ1n) is 10.4. The van der Waals surface area contributed by atoms with Crippen LogP contribution in [0, 0.1) is 0 Å². The monoisotopic (exact) mass is 397 g/mol. The molecule has 3 rings (SSSR count). The third kappa shape index (κ3) is 4.42. The van der Waals surface area contributed by atoms with Crippen molar-refractivity contribution in [1.29, 1.82) is 0 Å². The minimum absolute atomic E-state index is 0.156. The van der Waals surface area contributed by atoms with E-state index in [0.29, 0.717) is 11.8 Å². The maximum Gasteiger partial charge on any atom is 0.121 e. The Morgan fingerprint density at radius 3 is 2.86 bits per heavy atom. The molecule has 29 heavy (non-hydrogen) atoms. The Morgan fingerprint density at radius 1 is 1.41 bits per heavy atom. The van der Waals surface area contributed by atoms with Crippen LogP contribution in [0.15, 0.2) is 53.8 Å². The van der Waals surface area contributed by atoms with Gasteiger partial charge in [-0.15, -0.1) is 0 Å². The second-order valence-electron chi connectivity index (χ2n) is 8.59. The first-order valence-corrected chi connectivity index (χ1v) is 10.4. The third-order valence-corrected chi connectivity index (χ3v) is 6.45. The van der Waals surface area contributed by atoms with Gasteiger partial charge in [-0.2, -0.15) is 0 Å². The first kappa shape index (κ1) is 21.6. The molecule has 2 bridgehead atoms. The highest BCUT2D eigenvalue weighted by atomic mass is 16.5. The summed E-state index contributed by atoms with van der Waals surface area (Å²) in [6, 6.07) is 6.18. The van der Waals surface area contributed by atoms with Crippen molar-refractivity contribution in [3.8, 4) is 5.75 Å². The normalized spacial score (nSPS) is 27.5. The predicted octanol–water partition coefficient (Wildman–Crippen LogP) is 3.21. The van der Waals surface area contributed by atoms with E-state index < -0.39 is 5.54 Å². The lowest BCUT2D eigenvalue weighted by molar-refractivity contribution is 0.0600. The van der Waals surface area contributed by atoms with Gasteiger partial charge in [-0.05, 0) is 81.6 Å². The molecular weight excluding hydrogens is 362 g/mol. The smallest absolute Gasteiger partial charge is 0.121 e. The number of nitrogens with zero attached hydrogens (tertiary/aromatic N) is 1. The summed E-state index contributed by atoms with van der Waals surface area (Å²) >= 11 is 0. The number of nitrogens with two attached hydrogens (primary N) is 1. The summed E-state index contributed by atoms with van der Waals surface area (Å²) in [4.78, 5) is 2.42. The second kappa shape index (κ2) is 8.74. The predicted molar refractivity (Wildman–Crippen MR) is 119 cm³/mol. The van der Waals surface area contributed by atoms with Gasteiger partial charge in [-0.25, -0.2) is 0 Å². The molecule has 158 valence electrons. The molecule has 1 aliphatic carbocycles. The van der Waals surface area contributed by atoms with Crippen LogP contribution in [0.25, 0.3) is 0 Å². The van der Waals surface area contributed by atoms with E-state index in [1.807, 2.05) is 25.1 Å². The number of fused-ring (bicyclic) bond motifs is 4. The quantitative estimate of drug-likeness (QED) is 0.487. The van der Waals surface area contributed by atoms with Gasteiger partial charge in [-0.1, -0.05) is 24.3 Å². The van der Waals surface area contributed by atoms with Crippen LogP contribution in [-0.4, -0.2) is 49.3 Å². The van der Waals surface area contributed by atoms with Gasteiger partial charge in [-0.3, -0.25) is 0 Å². The van der Waals surface area contributed by atoms with Crippen LogP contribution >= 0.6 is 0 Å². The third-order valence-electron chi connectivity index (χ3n) is 6.45. The number of hydrogen-bond acceptors (Lipinski definition) is 5. The fourth-order valence-corrected chi connectivity index (χ4v) is 4.69. The standard InChI is InChI=1S/C24H35N3O2/c1-16(2)22(29-5)9-6-17(3)10-12-26-23-21-14-18-7-8-19(28)15-20(18)24(23,25)11-13-27(21)4/h6-9,15,21,23,26,28H,1,10-14,25H2,2-5H3. The zero-order valence-electron chi connectivity index (χ0n) is 18.2. The number of phenolic OH excluding ortho intramolecular Hbond substituents is 1. The summed E-state index contributed by atoms with van der Waals surface area (Å²) in [7, 11) is 3.85. The zero-order chi connectivity index (χ0) is 21.2. The maximum absolute atomic E-state index is 10.0. The van der Waals surface area contributed by atoms with Crippen LogP contribution in [0.5, 0.6) is 5.75 Å². The minimum Gasteiger partial charge on any atom is -0.508 e. The molecule has 1 aromatic rings. The summed E-state index contributed by atoms with van der Waals surface area (Å²) in [5.74, 6) is 1.10. The highest BCUT2D eigenvalue weighted by Crippen LogP contribution is 2.42. The first-order chi connectivity index (χ1) is 13.8. The highest BCUT2D eigenvalue weighted by molar-refractivity contribution is 5.45. The van der Waals surface area contributed by atoms with Gasteiger partial charge in [0.05, 0.1) is 12.6 Å². The molecule has 0 radical (unpaired) electrons. The van der Waals surface area contributed by atoms with Gasteiger partial charge >= 0.3 is 0 Å². The molecule has 3 atom stereocenters. The van der Waals surface area contributed by atoms with E-state index in [1.54, 1.807) is 13.2 Å². The Labute approximate surface area is 174 Å². The minimum atomic E-state index is -0.454. The van der Waals surface area contributed by atoms with Crippen LogP contribution in [0.1, 0.15) is 37.8 Å². The number of phenols is 1. The Balaban J connectivity index is 1.73. The molecule has 0 saturated carbocycles. The van der Waals surface area contributed by atoms with Gasteiger partial charge in [0.25, 0.3) is 0 Å². The number of rotatable bonds is 7. The molecule has 1 fully saturated rings. The molecule has 5 heteroatoms. The van der Waals surface area contributed by atoms with E-state index in [2.05, 4.69) is 36.8 Å². The fourth-order valence-electron chi connectivity index (χ4n) is 4.69. The zero-order valence-corrected chi connectivity index (χ0v) is 18.2. The highest BCUT2D eigenvalue weighted by Gasteiger charge is 2.50. The molecule has 1 aliphatic heterocycles. The van der Waals surface area contributed by atoms with Gasteiger partial charge < -0.3 is 25.8 Å². The number of methoxy groups -OCH3 is 1. The summed E-state index contributed by atoms with van der Waals surface area (Å²) in [5.41, 5.74) is 11.1. The maximum atomic E-state index is 10.0. The van der Waals surface area contributed by atoms with Crippen molar-refractivity contribution in [2.45, 2.75) is 50.7 Å². The molecule has 0 spiro atoms. The summed E-state index contributed by atoms with van der Waals surface area (Å²) in [6.45, 7) is 9.82. The average Bonchev–Trinajstić information content (AvgIpc) is 2.67. The number of benzene rings is 1. The molecule has 2 aliphatic rings. The number of likely N-dealkylation sites (tertiary alicyclic amines) is 1. The number of aromatic hydroxyl groups is 1. The van der Waals surface area contributed by atoms with E-state index in [0.717, 1.165) is 49.2 Å². The number of hydrogen-bond donors (Lipinski definition) is 3. The Kier molecular flexibility index (Phi) is 6.52. The van der Waals surface area contributed by atoms with Crippen molar-refractivity contribution in [2.24, 2.45) is 5.73 Å². The van der Waals surface area contributed by atoms with Crippen molar-refractivity contribution in [1.82, 2.24) is 10.2 Å². The molecule has 0 aromatic heterocycles. The van der Waals surface area contributed by atoms with E-state index in [9.17, 15) is 5.11 Å². The van der Waals surface area contributed by atoms with Crippen molar-refractivity contribution < 1.29 is 9.84 Å². The lowest BCUT2D eigenvalue weighted by Gasteiger charge is -2.54. The number of ether oxygens (including phenoxy) is 1. The van der Waals surface area contributed by atoms with Crippen LogP contribution in [0.2, 0.25) is 0 Å². The van der Waals surface area contributed by atoms with E-state index >= 15 is 0 Å². The van der Waals surface area contributed by atoms with Crippen molar-refractivity contribution >= 4 is 0 Å². The molecule has 0 amide bonds. The molecular formula is C24H35N3O2. The van der Waals surface area contributed by atoms with Crippen LogP contribution in [0.3, 0.4) is 0 Å². The van der Waals surface area contributed by atoms with E-state index in [4.69, 9.17) is 10.5 Å². The largest absolute Gasteiger partial charge is 0.508 e. The van der Waals surface area contributed by atoms with Crippen molar-refractivity contribution in [3.63, 3.8) is 0 Å². The van der Waals surface area contributed by atoms with Crippen LogP contribution < -0.4 is 11.1 Å². The molecule has 4 N–H and O–H groups in total. The number of nitrogens with one attached hydrogen (secondary N) is 1. The van der Waals surface area contributed by atoms with E-state index in [1.165, 1.54) is 11.1 Å². The molecule has 1 saturated heterocycles. The Hall–Kier alpha value is -2.08. The number of piperidine rings is 1. The van der Waals surface area contributed by atoms with Gasteiger partial charge in [0, 0.05) is 18.6 Å². The van der Waals surface area contributed by atoms with Crippen LogP contribution in [-0.2, 0) is 16.7 Å². The van der Waals surface area contributed by atoms with Crippen molar-refractivity contribution in [3.05, 3.63) is 65.0 Å².